The number of nitrogens with zero attached hydrogens (tertiary/aromatic N) is 6. The second-order valence-electron chi connectivity index (χ2n) is 7.34. The number of nitrogens with two attached hydrogens (primary N) is 1. The molecule has 8 nitrogen and oxygen atoms in total. The smallest absolute Gasteiger partial charge is 0.272 e. The summed E-state index contributed by atoms with van der Waals surface area (Å²) in [6.07, 6.45) is 3.72. The van der Waals surface area contributed by atoms with E-state index in [1.54, 1.807) is 18.2 Å². The third-order valence-corrected chi connectivity index (χ3v) is 5.27. The standard InChI is InChI=1S/C22H23N7O/c23-12-17-4-6-18(7-5-17)14-29-16-25-13-19(29)15-27-8-10-28(11-9-27)22(30)20-2-1-3-21(24)26-20/h1-7,13,16H,8-11,14-15H2,(H2,24,26). The van der Waals surface area contributed by atoms with Crippen molar-refractivity contribution in [3.8, 4) is 6.07 Å². The molecule has 0 unspecified atom stereocenters. The van der Waals surface area contributed by atoms with Crippen LogP contribution in [0.5, 0.6) is 0 Å². The van der Waals surface area contributed by atoms with Gasteiger partial charge in [0.1, 0.15) is 11.5 Å². The first kappa shape index (κ1) is 19.6. The summed E-state index contributed by atoms with van der Waals surface area (Å²) in [4.78, 5) is 25.2. The van der Waals surface area contributed by atoms with Crippen LogP contribution in [0.3, 0.4) is 0 Å². The first-order valence-electron chi connectivity index (χ1n) is 9.84. The van der Waals surface area contributed by atoms with Crippen molar-refractivity contribution in [2.75, 3.05) is 31.9 Å². The van der Waals surface area contributed by atoms with Gasteiger partial charge in [-0.3, -0.25) is 9.69 Å². The summed E-state index contributed by atoms with van der Waals surface area (Å²) in [7, 11) is 0. The number of anilines is 1. The number of nitriles is 1. The number of nitrogen functional groups attached to an aromatic ring is 1. The number of aromatic nitrogens is 3. The van der Waals surface area contributed by atoms with E-state index in [4.69, 9.17) is 11.0 Å². The van der Waals surface area contributed by atoms with E-state index in [1.165, 1.54) is 0 Å². The van der Waals surface area contributed by atoms with Gasteiger partial charge >= 0.3 is 0 Å². The minimum atomic E-state index is -0.0761. The van der Waals surface area contributed by atoms with Gasteiger partial charge in [-0.25, -0.2) is 9.97 Å². The van der Waals surface area contributed by atoms with E-state index in [1.807, 2.05) is 41.7 Å². The highest BCUT2D eigenvalue weighted by atomic mass is 16.2. The Morgan fingerprint density at radius 3 is 2.53 bits per heavy atom. The molecule has 0 spiro atoms. The van der Waals surface area contributed by atoms with Gasteiger partial charge in [0, 0.05) is 45.5 Å². The normalized spacial score (nSPS) is 14.4. The lowest BCUT2D eigenvalue weighted by molar-refractivity contribution is 0.0620. The van der Waals surface area contributed by atoms with E-state index in [0.717, 1.165) is 30.9 Å². The van der Waals surface area contributed by atoms with E-state index in [-0.39, 0.29) is 5.91 Å². The molecule has 0 aliphatic carbocycles. The van der Waals surface area contributed by atoms with Gasteiger partial charge < -0.3 is 15.2 Å². The molecule has 3 aromatic rings. The number of hydrogen-bond acceptors (Lipinski definition) is 6. The lowest BCUT2D eigenvalue weighted by Gasteiger charge is -2.34. The Bertz CT molecular complexity index is 1060. The number of piperazine rings is 1. The number of carbonyl (C=O) groups is 1. The molecule has 0 radical (unpaired) electrons. The first-order valence-corrected chi connectivity index (χ1v) is 9.84. The Hall–Kier alpha value is -3.70. The van der Waals surface area contributed by atoms with Gasteiger partial charge in [-0.1, -0.05) is 18.2 Å². The number of imidazole rings is 1. The largest absolute Gasteiger partial charge is 0.384 e. The van der Waals surface area contributed by atoms with Crippen LogP contribution in [0.1, 0.15) is 27.3 Å². The molecular formula is C22H23N7O. The number of carbonyl (C=O) groups excluding carboxylic acids is 1. The zero-order valence-electron chi connectivity index (χ0n) is 16.6. The highest BCUT2D eigenvalue weighted by molar-refractivity contribution is 5.92. The van der Waals surface area contributed by atoms with Crippen LogP contribution < -0.4 is 5.73 Å². The summed E-state index contributed by atoms with van der Waals surface area (Å²) in [6, 6.07) is 14.9. The van der Waals surface area contributed by atoms with Gasteiger partial charge in [0.15, 0.2) is 0 Å². The molecule has 3 heterocycles. The second kappa shape index (κ2) is 8.76. The molecule has 1 aliphatic heterocycles. The lowest BCUT2D eigenvalue weighted by atomic mass is 10.1. The summed E-state index contributed by atoms with van der Waals surface area (Å²) in [5, 5.41) is 8.94. The molecular weight excluding hydrogens is 378 g/mol. The molecule has 30 heavy (non-hydrogen) atoms. The maximum absolute atomic E-state index is 12.6. The van der Waals surface area contributed by atoms with Crippen LogP contribution in [-0.2, 0) is 13.1 Å². The monoisotopic (exact) mass is 401 g/mol. The fourth-order valence-corrected chi connectivity index (χ4v) is 3.57. The quantitative estimate of drug-likeness (QED) is 0.698. The molecule has 152 valence electrons. The number of hydrogen-bond donors (Lipinski definition) is 1. The van der Waals surface area contributed by atoms with Gasteiger partial charge in [0.2, 0.25) is 0 Å². The second-order valence-corrected chi connectivity index (χ2v) is 7.34. The van der Waals surface area contributed by atoms with Crippen molar-refractivity contribution in [1.29, 1.82) is 5.26 Å². The Morgan fingerprint density at radius 2 is 1.83 bits per heavy atom. The van der Waals surface area contributed by atoms with Crippen molar-refractivity contribution in [1.82, 2.24) is 24.3 Å². The molecule has 1 fully saturated rings. The third kappa shape index (κ3) is 4.47. The average molecular weight is 401 g/mol. The Balaban J connectivity index is 1.34. The average Bonchev–Trinajstić information content (AvgIpc) is 3.21. The predicted octanol–water partition coefficient (Wildman–Crippen LogP) is 1.74. The van der Waals surface area contributed by atoms with Crippen molar-refractivity contribution in [3.05, 3.63) is 77.5 Å². The lowest BCUT2D eigenvalue weighted by Crippen LogP contribution is -2.48. The minimum absolute atomic E-state index is 0.0761. The number of benzene rings is 1. The molecule has 8 heteroatoms. The van der Waals surface area contributed by atoms with Gasteiger partial charge in [0.25, 0.3) is 5.91 Å². The van der Waals surface area contributed by atoms with Crippen LogP contribution in [0.15, 0.2) is 55.0 Å². The predicted molar refractivity (Wildman–Crippen MR) is 112 cm³/mol. The fourth-order valence-electron chi connectivity index (χ4n) is 3.57. The highest BCUT2D eigenvalue weighted by Crippen LogP contribution is 2.13. The molecule has 2 aromatic heterocycles. The van der Waals surface area contributed by atoms with Gasteiger partial charge in [-0.2, -0.15) is 5.26 Å². The maximum atomic E-state index is 12.6. The van der Waals surface area contributed by atoms with Crippen LogP contribution in [0.4, 0.5) is 5.82 Å². The van der Waals surface area contributed by atoms with Crippen LogP contribution >= 0.6 is 0 Å². The molecule has 0 atom stereocenters. The number of pyridine rings is 1. The molecule has 1 aliphatic rings. The molecule has 0 bridgehead atoms. The zero-order valence-corrected chi connectivity index (χ0v) is 16.6. The first-order chi connectivity index (χ1) is 14.6. The van der Waals surface area contributed by atoms with Crippen molar-refractivity contribution in [2.45, 2.75) is 13.1 Å². The van der Waals surface area contributed by atoms with Crippen LogP contribution in [-0.4, -0.2) is 56.4 Å². The molecule has 1 saturated heterocycles. The van der Waals surface area contributed by atoms with E-state index >= 15 is 0 Å². The summed E-state index contributed by atoms with van der Waals surface area (Å²) >= 11 is 0. The molecule has 1 amide bonds. The topological polar surface area (TPSA) is 104 Å². The van der Waals surface area contributed by atoms with Gasteiger partial charge in [-0.05, 0) is 29.8 Å². The van der Waals surface area contributed by atoms with E-state index in [9.17, 15) is 4.79 Å². The summed E-state index contributed by atoms with van der Waals surface area (Å²) in [5.41, 5.74) is 8.99. The molecule has 0 saturated carbocycles. The number of amides is 1. The van der Waals surface area contributed by atoms with Crippen molar-refractivity contribution >= 4 is 11.7 Å². The van der Waals surface area contributed by atoms with Crippen LogP contribution in [0.25, 0.3) is 0 Å². The van der Waals surface area contributed by atoms with Crippen LogP contribution in [0, 0.1) is 11.3 Å². The van der Waals surface area contributed by atoms with E-state index < -0.39 is 0 Å². The van der Waals surface area contributed by atoms with Crippen molar-refractivity contribution in [2.24, 2.45) is 0 Å². The zero-order chi connectivity index (χ0) is 20.9. The summed E-state index contributed by atoms with van der Waals surface area (Å²) in [6.45, 7) is 4.36. The van der Waals surface area contributed by atoms with Crippen LogP contribution in [0.2, 0.25) is 0 Å². The van der Waals surface area contributed by atoms with Gasteiger partial charge in [0.05, 0.1) is 23.7 Å². The van der Waals surface area contributed by atoms with Crippen molar-refractivity contribution in [3.63, 3.8) is 0 Å². The molecule has 2 N–H and O–H groups in total. The summed E-state index contributed by atoms with van der Waals surface area (Å²) in [5.74, 6) is 0.280. The fraction of sp³-hybridized carbons (Fsp3) is 0.273. The summed E-state index contributed by atoms with van der Waals surface area (Å²) < 4.78 is 2.12. The minimum Gasteiger partial charge on any atom is -0.384 e. The maximum Gasteiger partial charge on any atom is 0.272 e. The Labute approximate surface area is 175 Å². The van der Waals surface area contributed by atoms with Gasteiger partial charge in [-0.15, -0.1) is 0 Å². The Kier molecular flexibility index (Phi) is 5.72. The van der Waals surface area contributed by atoms with E-state index in [0.29, 0.717) is 36.7 Å². The third-order valence-electron chi connectivity index (χ3n) is 5.27. The van der Waals surface area contributed by atoms with E-state index in [2.05, 4.69) is 25.5 Å². The highest BCUT2D eigenvalue weighted by Gasteiger charge is 2.23. The molecule has 1 aromatic carbocycles. The van der Waals surface area contributed by atoms with Crippen molar-refractivity contribution < 1.29 is 4.79 Å². The molecule has 4 rings (SSSR count). The SMILES string of the molecule is N#Cc1ccc(Cn2cncc2CN2CCN(C(=O)c3cccc(N)n3)CC2)cc1. The Morgan fingerprint density at radius 1 is 1.07 bits per heavy atom. The number of rotatable bonds is 5.